The second kappa shape index (κ2) is 4.62. The molecule has 0 N–H and O–H groups in total. The van der Waals surface area contributed by atoms with Crippen LogP contribution in [-0.2, 0) is 0 Å². The van der Waals surface area contributed by atoms with E-state index in [0.717, 1.165) is 5.69 Å². The van der Waals surface area contributed by atoms with E-state index in [0.29, 0.717) is 11.5 Å². The molecule has 0 amide bonds. The topological polar surface area (TPSA) is 52.8 Å². The zero-order chi connectivity index (χ0) is 12.3. The number of aryl methyl sites for hydroxylation is 1. The van der Waals surface area contributed by atoms with E-state index in [4.69, 9.17) is 5.26 Å². The number of anilines is 2. The number of rotatable bonds is 2. The molecule has 17 heavy (non-hydrogen) atoms. The fourth-order valence-electron chi connectivity index (χ4n) is 1.55. The lowest BCUT2D eigenvalue weighted by molar-refractivity contribution is 1.07. The second-order valence-corrected chi connectivity index (χ2v) is 3.73. The molecule has 2 rings (SSSR count). The fourth-order valence-corrected chi connectivity index (χ4v) is 1.55. The lowest BCUT2D eigenvalue weighted by Crippen LogP contribution is -2.13. The average Bonchev–Trinajstić information content (AvgIpc) is 2.39. The van der Waals surface area contributed by atoms with Crippen LogP contribution in [0.25, 0.3) is 0 Å². The molecule has 0 saturated heterocycles. The van der Waals surface area contributed by atoms with Gasteiger partial charge in [-0.1, -0.05) is 17.7 Å². The summed E-state index contributed by atoms with van der Waals surface area (Å²) < 4.78 is 0. The van der Waals surface area contributed by atoms with Crippen LogP contribution in [0.3, 0.4) is 0 Å². The first kappa shape index (κ1) is 11.1. The van der Waals surface area contributed by atoms with E-state index in [9.17, 15) is 0 Å². The predicted octanol–water partition coefficient (Wildman–Crippen LogP) is 2.42. The summed E-state index contributed by atoms with van der Waals surface area (Å²) in [6, 6.07) is 10.1. The molecule has 0 unspecified atom stereocenters. The van der Waals surface area contributed by atoms with Crippen LogP contribution in [-0.4, -0.2) is 17.0 Å². The standard InChI is InChI=1S/C13H12N4/c1-10-3-5-11(6-4-10)17(2)13-12(9-14)15-7-8-16-13/h3-8H,1-2H3. The Bertz CT molecular complexity index is 554. The van der Waals surface area contributed by atoms with Crippen LogP contribution in [0, 0.1) is 18.3 Å². The summed E-state index contributed by atoms with van der Waals surface area (Å²) in [7, 11) is 1.87. The number of hydrogen-bond donors (Lipinski definition) is 0. The van der Waals surface area contributed by atoms with Crippen LogP contribution in [0.2, 0.25) is 0 Å². The van der Waals surface area contributed by atoms with Crippen molar-refractivity contribution < 1.29 is 0 Å². The minimum absolute atomic E-state index is 0.329. The highest BCUT2D eigenvalue weighted by atomic mass is 15.2. The van der Waals surface area contributed by atoms with Crippen LogP contribution < -0.4 is 4.90 Å². The van der Waals surface area contributed by atoms with Gasteiger partial charge in [-0.05, 0) is 19.1 Å². The third-order valence-corrected chi connectivity index (χ3v) is 2.52. The summed E-state index contributed by atoms with van der Waals surface area (Å²) in [5, 5.41) is 8.98. The Morgan fingerprint density at radius 2 is 1.76 bits per heavy atom. The van der Waals surface area contributed by atoms with Gasteiger partial charge in [0.15, 0.2) is 11.5 Å². The molecule has 0 aliphatic rings. The predicted molar refractivity (Wildman–Crippen MR) is 66.0 cm³/mol. The third-order valence-electron chi connectivity index (χ3n) is 2.52. The van der Waals surface area contributed by atoms with E-state index in [2.05, 4.69) is 9.97 Å². The maximum atomic E-state index is 8.98. The minimum atomic E-state index is 0.329. The van der Waals surface area contributed by atoms with Gasteiger partial charge in [-0.25, -0.2) is 9.97 Å². The zero-order valence-electron chi connectivity index (χ0n) is 9.75. The van der Waals surface area contributed by atoms with E-state index in [-0.39, 0.29) is 0 Å². The van der Waals surface area contributed by atoms with Gasteiger partial charge in [0.2, 0.25) is 0 Å². The first-order valence-corrected chi connectivity index (χ1v) is 5.24. The Labute approximate surface area is 100 Å². The summed E-state index contributed by atoms with van der Waals surface area (Å²) >= 11 is 0. The maximum Gasteiger partial charge on any atom is 0.183 e. The minimum Gasteiger partial charge on any atom is -0.327 e. The fraction of sp³-hybridized carbons (Fsp3) is 0.154. The van der Waals surface area contributed by atoms with Gasteiger partial charge in [-0.3, -0.25) is 0 Å². The van der Waals surface area contributed by atoms with Crippen molar-refractivity contribution >= 4 is 11.5 Å². The van der Waals surface area contributed by atoms with E-state index in [1.54, 1.807) is 6.20 Å². The van der Waals surface area contributed by atoms with Crippen molar-refractivity contribution in [3.05, 3.63) is 47.9 Å². The monoisotopic (exact) mass is 224 g/mol. The summed E-state index contributed by atoms with van der Waals surface area (Å²) in [5.74, 6) is 0.568. The molecule has 1 aromatic carbocycles. The van der Waals surface area contributed by atoms with Gasteiger partial charge in [-0.2, -0.15) is 5.26 Å². The third kappa shape index (κ3) is 2.23. The van der Waals surface area contributed by atoms with E-state index in [1.165, 1.54) is 11.8 Å². The molecular weight excluding hydrogens is 212 g/mol. The van der Waals surface area contributed by atoms with E-state index >= 15 is 0 Å². The summed E-state index contributed by atoms with van der Waals surface area (Å²) in [6.45, 7) is 2.03. The maximum absolute atomic E-state index is 8.98. The molecule has 4 heteroatoms. The van der Waals surface area contributed by atoms with Crippen molar-refractivity contribution in [2.75, 3.05) is 11.9 Å². The smallest absolute Gasteiger partial charge is 0.183 e. The van der Waals surface area contributed by atoms with E-state index < -0.39 is 0 Å². The van der Waals surface area contributed by atoms with Gasteiger partial charge in [-0.15, -0.1) is 0 Å². The Kier molecular flexibility index (Phi) is 3.01. The molecule has 1 heterocycles. The molecule has 1 aromatic heterocycles. The Morgan fingerprint density at radius 1 is 1.12 bits per heavy atom. The molecule has 0 bridgehead atoms. The van der Waals surface area contributed by atoms with Crippen molar-refractivity contribution in [1.29, 1.82) is 5.26 Å². The number of hydrogen-bond acceptors (Lipinski definition) is 4. The number of aromatic nitrogens is 2. The summed E-state index contributed by atoms with van der Waals surface area (Å²) in [4.78, 5) is 10.0. The van der Waals surface area contributed by atoms with Crippen molar-refractivity contribution in [2.24, 2.45) is 0 Å². The Hall–Kier alpha value is -2.41. The molecule has 0 saturated carbocycles. The summed E-state index contributed by atoms with van der Waals surface area (Å²) in [5.41, 5.74) is 2.50. The lowest BCUT2D eigenvalue weighted by Gasteiger charge is -2.18. The van der Waals surface area contributed by atoms with Crippen molar-refractivity contribution in [3.63, 3.8) is 0 Å². The first-order chi connectivity index (χ1) is 8.22. The molecule has 4 nitrogen and oxygen atoms in total. The van der Waals surface area contributed by atoms with Crippen LogP contribution >= 0.6 is 0 Å². The average molecular weight is 224 g/mol. The molecule has 2 aromatic rings. The summed E-state index contributed by atoms with van der Waals surface area (Å²) in [6.07, 6.45) is 3.10. The van der Waals surface area contributed by atoms with Gasteiger partial charge in [0, 0.05) is 25.1 Å². The number of nitriles is 1. The van der Waals surface area contributed by atoms with Crippen molar-refractivity contribution in [3.8, 4) is 6.07 Å². The first-order valence-electron chi connectivity index (χ1n) is 5.24. The van der Waals surface area contributed by atoms with Crippen molar-refractivity contribution in [2.45, 2.75) is 6.92 Å². The largest absolute Gasteiger partial charge is 0.327 e. The molecular formula is C13H12N4. The highest BCUT2D eigenvalue weighted by Crippen LogP contribution is 2.23. The van der Waals surface area contributed by atoms with Gasteiger partial charge in [0.05, 0.1) is 0 Å². The molecule has 0 spiro atoms. The molecule has 0 radical (unpaired) electrons. The van der Waals surface area contributed by atoms with Crippen LogP contribution in [0.1, 0.15) is 11.3 Å². The highest BCUT2D eigenvalue weighted by Gasteiger charge is 2.10. The quantitative estimate of drug-likeness (QED) is 0.786. The van der Waals surface area contributed by atoms with Crippen molar-refractivity contribution in [1.82, 2.24) is 9.97 Å². The van der Waals surface area contributed by atoms with Gasteiger partial charge in [0.25, 0.3) is 0 Å². The number of nitrogens with zero attached hydrogens (tertiary/aromatic N) is 4. The van der Waals surface area contributed by atoms with Crippen LogP contribution in [0.5, 0.6) is 0 Å². The van der Waals surface area contributed by atoms with Gasteiger partial charge < -0.3 is 4.90 Å². The zero-order valence-corrected chi connectivity index (χ0v) is 9.75. The molecule has 0 fully saturated rings. The van der Waals surface area contributed by atoms with Crippen LogP contribution in [0.15, 0.2) is 36.7 Å². The lowest BCUT2D eigenvalue weighted by atomic mass is 10.2. The number of benzene rings is 1. The highest BCUT2D eigenvalue weighted by molar-refractivity contribution is 5.63. The Morgan fingerprint density at radius 3 is 2.41 bits per heavy atom. The van der Waals surface area contributed by atoms with E-state index in [1.807, 2.05) is 49.2 Å². The molecule has 0 aliphatic carbocycles. The second-order valence-electron chi connectivity index (χ2n) is 3.73. The van der Waals surface area contributed by atoms with Crippen LogP contribution in [0.4, 0.5) is 11.5 Å². The van der Waals surface area contributed by atoms with Gasteiger partial charge in [0.1, 0.15) is 6.07 Å². The molecule has 0 atom stereocenters. The Balaban J connectivity index is 2.40. The normalized spacial score (nSPS) is 9.71. The van der Waals surface area contributed by atoms with Gasteiger partial charge >= 0.3 is 0 Å². The molecule has 0 aliphatic heterocycles. The SMILES string of the molecule is Cc1ccc(N(C)c2nccnc2C#N)cc1. The molecule has 84 valence electrons.